The zero-order valence-corrected chi connectivity index (χ0v) is 12.2. The second-order valence-electron chi connectivity index (χ2n) is 4.28. The number of thiocarbonyl (C=S) groups is 1. The van der Waals surface area contributed by atoms with Crippen LogP contribution in [0.1, 0.15) is 36.8 Å². The number of nitrogens with two attached hydrogens (primary N) is 1. The highest BCUT2D eigenvalue weighted by Crippen LogP contribution is 2.12. The van der Waals surface area contributed by atoms with Crippen LogP contribution in [0.3, 0.4) is 0 Å². The van der Waals surface area contributed by atoms with Gasteiger partial charge in [0.05, 0.1) is 0 Å². The second kappa shape index (κ2) is 5.44. The third kappa shape index (κ3) is 2.78. The van der Waals surface area contributed by atoms with Crippen molar-refractivity contribution in [2.24, 2.45) is 5.73 Å². The summed E-state index contributed by atoms with van der Waals surface area (Å²) >= 11 is 5.03. The van der Waals surface area contributed by atoms with E-state index in [2.05, 4.69) is 15.1 Å². The van der Waals surface area contributed by atoms with Gasteiger partial charge in [0.2, 0.25) is 0 Å². The van der Waals surface area contributed by atoms with Gasteiger partial charge in [0.25, 0.3) is 0 Å². The van der Waals surface area contributed by atoms with Crippen LogP contribution in [0.4, 0.5) is 0 Å². The summed E-state index contributed by atoms with van der Waals surface area (Å²) in [7, 11) is 0. The van der Waals surface area contributed by atoms with Gasteiger partial charge in [0, 0.05) is 24.1 Å². The Labute approximate surface area is 117 Å². The molecule has 0 aliphatic heterocycles. The molecule has 2 heterocycles. The van der Waals surface area contributed by atoms with E-state index >= 15 is 0 Å². The fourth-order valence-electron chi connectivity index (χ4n) is 1.86. The molecule has 0 aliphatic rings. The lowest BCUT2D eigenvalue weighted by molar-refractivity contribution is 0.765. The van der Waals surface area contributed by atoms with Crippen LogP contribution in [0.2, 0.25) is 0 Å². The van der Waals surface area contributed by atoms with Crippen molar-refractivity contribution in [3.63, 3.8) is 0 Å². The van der Waals surface area contributed by atoms with Crippen LogP contribution in [0, 0.1) is 6.92 Å². The average molecular weight is 275 g/mol. The quantitative estimate of drug-likeness (QED) is 0.861. The molecule has 0 saturated carbocycles. The molecule has 0 atom stereocenters. The third-order valence-corrected chi connectivity index (χ3v) is 3.03. The Morgan fingerprint density at radius 3 is 2.58 bits per heavy atom. The second-order valence-corrected chi connectivity index (χ2v) is 4.72. The van der Waals surface area contributed by atoms with Crippen molar-refractivity contribution in [2.75, 3.05) is 0 Å². The molecule has 6 heteroatoms. The topological polar surface area (TPSA) is 69.6 Å². The van der Waals surface area contributed by atoms with Crippen LogP contribution >= 0.6 is 12.2 Å². The Hall–Kier alpha value is -1.82. The minimum atomic E-state index is 0.362. The van der Waals surface area contributed by atoms with Crippen molar-refractivity contribution in [1.82, 2.24) is 19.7 Å². The summed E-state index contributed by atoms with van der Waals surface area (Å²) in [6.45, 7) is 5.99. The number of hydrogen-bond acceptors (Lipinski definition) is 4. The van der Waals surface area contributed by atoms with Gasteiger partial charge >= 0.3 is 0 Å². The van der Waals surface area contributed by atoms with E-state index in [0.29, 0.717) is 10.8 Å². The van der Waals surface area contributed by atoms with E-state index < -0.39 is 0 Å². The molecule has 5 nitrogen and oxygen atoms in total. The predicted octanol–water partition coefficient (Wildman–Crippen LogP) is 1.73. The summed E-state index contributed by atoms with van der Waals surface area (Å²) in [5.41, 5.74) is 7.35. The van der Waals surface area contributed by atoms with Gasteiger partial charge < -0.3 is 5.73 Å². The van der Waals surface area contributed by atoms with Crippen molar-refractivity contribution in [3.8, 4) is 5.82 Å². The number of aryl methyl sites for hydroxylation is 3. The highest BCUT2D eigenvalue weighted by atomic mass is 32.1. The van der Waals surface area contributed by atoms with Crippen molar-refractivity contribution in [2.45, 2.75) is 33.6 Å². The van der Waals surface area contributed by atoms with Crippen molar-refractivity contribution < 1.29 is 0 Å². The smallest absolute Gasteiger partial charge is 0.156 e. The summed E-state index contributed by atoms with van der Waals surface area (Å²) < 4.78 is 1.77. The Morgan fingerprint density at radius 2 is 2.00 bits per heavy atom. The standard InChI is InChI=1S/C13H17N5S/c1-4-10-16-11(5-2)18(17-10)12-7-9(13(14)19)6-8(3)15-12/h6-7H,4-5H2,1-3H3,(H2,14,19). The lowest BCUT2D eigenvalue weighted by atomic mass is 10.2. The zero-order chi connectivity index (χ0) is 14.0. The van der Waals surface area contributed by atoms with Crippen LogP contribution in [0.25, 0.3) is 5.82 Å². The maximum atomic E-state index is 5.69. The van der Waals surface area contributed by atoms with Crippen LogP contribution in [0.5, 0.6) is 0 Å². The maximum absolute atomic E-state index is 5.69. The molecule has 19 heavy (non-hydrogen) atoms. The van der Waals surface area contributed by atoms with E-state index in [0.717, 1.165) is 35.7 Å². The average Bonchev–Trinajstić information content (AvgIpc) is 2.81. The van der Waals surface area contributed by atoms with E-state index in [1.807, 2.05) is 32.9 Å². The highest BCUT2D eigenvalue weighted by Gasteiger charge is 2.12. The first kappa shape index (κ1) is 13.6. The Bertz CT molecular complexity index is 617. The number of pyridine rings is 1. The molecular weight excluding hydrogens is 258 g/mol. The van der Waals surface area contributed by atoms with Gasteiger partial charge in [-0.15, -0.1) is 5.10 Å². The number of hydrogen-bond donors (Lipinski definition) is 1. The lowest BCUT2D eigenvalue weighted by Gasteiger charge is -2.07. The third-order valence-electron chi connectivity index (χ3n) is 2.79. The lowest BCUT2D eigenvalue weighted by Crippen LogP contribution is -2.13. The van der Waals surface area contributed by atoms with Crippen LogP contribution in [0.15, 0.2) is 12.1 Å². The summed E-state index contributed by atoms with van der Waals surface area (Å²) in [6, 6.07) is 3.72. The van der Waals surface area contributed by atoms with Gasteiger partial charge in [0.1, 0.15) is 10.8 Å². The largest absolute Gasteiger partial charge is 0.389 e. The van der Waals surface area contributed by atoms with Crippen molar-refractivity contribution in [1.29, 1.82) is 0 Å². The first-order valence-corrected chi connectivity index (χ1v) is 6.69. The minimum Gasteiger partial charge on any atom is -0.389 e. The molecule has 2 N–H and O–H groups in total. The summed E-state index contributed by atoms with van der Waals surface area (Å²) in [4.78, 5) is 9.33. The Kier molecular flexibility index (Phi) is 3.90. The fourth-order valence-corrected chi connectivity index (χ4v) is 1.97. The van der Waals surface area contributed by atoms with Gasteiger partial charge in [-0.25, -0.2) is 9.97 Å². The van der Waals surface area contributed by atoms with Crippen LogP contribution < -0.4 is 5.73 Å². The minimum absolute atomic E-state index is 0.362. The van der Waals surface area contributed by atoms with Gasteiger partial charge in [-0.2, -0.15) is 4.68 Å². The van der Waals surface area contributed by atoms with E-state index in [4.69, 9.17) is 18.0 Å². The molecule has 0 radical (unpaired) electrons. The van der Waals surface area contributed by atoms with Gasteiger partial charge in [-0.05, 0) is 19.1 Å². The number of aromatic nitrogens is 4. The first-order valence-electron chi connectivity index (χ1n) is 6.28. The predicted molar refractivity (Wildman–Crippen MR) is 78.5 cm³/mol. The van der Waals surface area contributed by atoms with Gasteiger partial charge in [0.15, 0.2) is 11.6 Å². The van der Waals surface area contributed by atoms with Crippen LogP contribution in [-0.2, 0) is 12.8 Å². The summed E-state index contributed by atoms with van der Waals surface area (Å²) in [6.07, 6.45) is 1.60. The molecule has 0 bridgehead atoms. The molecule has 0 spiro atoms. The molecule has 0 fully saturated rings. The molecule has 2 aromatic rings. The van der Waals surface area contributed by atoms with E-state index in [-0.39, 0.29) is 0 Å². The fraction of sp³-hybridized carbons (Fsp3) is 0.385. The first-order chi connectivity index (χ1) is 9.05. The monoisotopic (exact) mass is 275 g/mol. The molecule has 0 aliphatic carbocycles. The molecule has 0 amide bonds. The highest BCUT2D eigenvalue weighted by molar-refractivity contribution is 7.80. The van der Waals surface area contributed by atoms with Gasteiger partial charge in [-0.3, -0.25) is 0 Å². The van der Waals surface area contributed by atoms with Crippen LogP contribution in [-0.4, -0.2) is 24.7 Å². The molecule has 0 unspecified atom stereocenters. The molecular formula is C13H17N5S. The van der Waals surface area contributed by atoms with Crippen molar-refractivity contribution in [3.05, 3.63) is 35.0 Å². The summed E-state index contributed by atoms with van der Waals surface area (Å²) in [5, 5.41) is 4.47. The number of nitrogens with zero attached hydrogens (tertiary/aromatic N) is 4. The molecule has 0 saturated heterocycles. The molecule has 2 rings (SSSR count). The maximum Gasteiger partial charge on any atom is 0.156 e. The molecule has 2 aromatic heterocycles. The van der Waals surface area contributed by atoms with E-state index in [1.54, 1.807) is 4.68 Å². The summed E-state index contributed by atoms with van der Waals surface area (Å²) in [5.74, 6) is 2.42. The number of rotatable bonds is 4. The van der Waals surface area contributed by atoms with Gasteiger partial charge in [-0.1, -0.05) is 26.1 Å². The molecule has 0 aromatic carbocycles. The zero-order valence-electron chi connectivity index (χ0n) is 11.3. The SMILES string of the molecule is CCc1nc(CC)n(-c2cc(C(N)=S)cc(C)n2)n1. The Morgan fingerprint density at radius 1 is 1.26 bits per heavy atom. The molecule has 100 valence electrons. The van der Waals surface area contributed by atoms with E-state index in [1.165, 1.54) is 0 Å². The van der Waals surface area contributed by atoms with E-state index in [9.17, 15) is 0 Å². The van der Waals surface area contributed by atoms with Crippen molar-refractivity contribution >= 4 is 17.2 Å². The Balaban J connectivity index is 2.57. The normalized spacial score (nSPS) is 10.7.